The van der Waals surface area contributed by atoms with Crippen LogP contribution < -0.4 is 15.0 Å². The number of anilines is 2. The predicted molar refractivity (Wildman–Crippen MR) is 117 cm³/mol. The second-order valence-corrected chi connectivity index (χ2v) is 8.88. The Hall–Kier alpha value is -2.85. The van der Waals surface area contributed by atoms with Gasteiger partial charge in [0.15, 0.2) is 6.10 Å². The lowest BCUT2D eigenvalue weighted by Gasteiger charge is -2.18. The van der Waals surface area contributed by atoms with Crippen molar-refractivity contribution in [3.8, 4) is 11.8 Å². The number of rotatable bonds is 5. The van der Waals surface area contributed by atoms with Crippen molar-refractivity contribution >= 4 is 33.8 Å². The van der Waals surface area contributed by atoms with E-state index in [4.69, 9.17) is 4.74 Å². The van der Waals surface area contributed by atoms with Gasteiger partial charge >= 0.3 is 0 Å². The molecule has 156 valence electrons. The second kappa shape index (κ2) is 8.88. The minimum Gasteiger partial charge on any atom is -0.481 e. The van der Waals surface area contributed by atoms with Crippen molar-refractivity contribution in [3.05, 3.63) is 40.3 Å². The molecule has 2 heterocycles. The molecule has 1 atom stereocenters. The van der Waals surface area contributed by atoms with E-state index in [1.54, 1.807) is 24.0 Å². The number of nitriles is 1. The van der Waals surface area contributed by atoms with Gasteiger partial charge in [-0.1, -0.05) is 12.5 Å². The number of aryl methyl sites for hydroxylation is 1. The predicted octanol–water partition coefficient (Wildman–Crippen LogP) is 4.42. The summed E-state index contributed by atoms with van der Waals surface area (Å²) in [7, 11) is 0. The quantitative estimate of drug-likeness (QED) is 0.722. The summed E-state index contributed by atoms with van der Waals surface area (Å²) in [5.41, 5.74) is 2.50. The number of nitrogens with zero attached hydrogens (tertiary/aromatic N) is 2. The Bertz CT molecular complexity index is 1010. The van der Waals surface area contributed by atoms with Crippen LogP contribution in [0, 0.1) is 11.3 Å². The van der Waals surface area contributed by atoms with E-state index in [9.17, 15) is 14.9 Å². The molecule has 0 spiro atoms. The fourth-order valence-corrected chi connectivity index (χ4v) is 5.31. The highest BCUT2D eigenvalue weighted by atomic mass is 32.1. The number of nitrogens with one attached hydrogen (secondary N) is 1. The van der Waals surface area contributed by atoms with Crippen LogP contribution in [0.15, 0.2) is 24.3 Å². The molecular formula is C23H25N3O3S. The highest BCUT2D eigenvalue weighted by molar-refractivity contribution is 7.16. The Morgan fingerprint density at radius 3 is 2.83 bits per heavy atom. The Morgan fingerprint density at radius 2 is 2.07 bits per heavy atom. The molecule has 2 aromatic rings. The van der Waals surface area contributed by atoms with Crippen molar-refractivity contribution in [1.29, 1.82) is 5.26 Å². The Labute approximate surface area is 180 Å². The maximum Gasteiger partial charge on any atom is 0.265 e. The van der Waals surface area contributed by atoms with Crippen molar-refractivity contribution in [1.82, 2.24) is 0 Å². The number of carbonyl (C=O) groups is 2. The van der Waals surface area contributed by atoms with Gasteiger partial charge in [0.1, 0.15) is 16.8 Å². The number of thiophene rings is 1. The number of carbonyl (C=O) groups excluding carboxylic acids is 2. The van der Waals surface area contributed by atoms with Crippen LogP contribution in [0.3, 0.4) is 0 Å². The molecule has 1 saturated heterocycles. The lowest BCUT2D eigenvalue weighted by atomic mass is 10.1. The van der Waals surface area contributed by atoms with Gasteiger partial charge in [0.05, 0.1) is 5.56 Å². The fourth-order valence-electron chi connectivity index (χ4n) is 4.07. The van der Waals surface area contributed by atoms with Crippen molar-refractivity contribution < 1.29 is 14.3 Å². The van der Waals surface area contributed by atoms with Gasteiger partial charge in [-0.2, -0.15) is 5.26 Å². The van der Waals surface area contributed by atoms with E-state index < -0.39 is 6.10 Å². The molecular weight excluding hydrogens is 398 g/mol. The zero-order valence-electron chi connectivity index (χ0n) is 17.1. The van der Waals surface area contributed by atoms with Gasteiger partial charge in [-0.15, -0.1) is 11.3 Å². The summed E-state index contributed by atoms with van der Waals surface area (Å²) in [6.07, 6.45) is 5.95. The van der Waals surface area contributed by atoms with Crippen molar-refractivity contribution in [2.45, 2.75) is 58.0 Å². The Kier molecular flexibility index (Phi) is 6.05. The molecule has 30 heavy (non-hydrogen) atoms. The van der Waals surface area contributed by atoms with Crippen LogP contribution in [-0.2, 0) is 22.4 Å². The van der Waals surface area contributed by atoms with Gasteiger partial charge in [-0.05, 0) is 56.7 Å². The normalized spacial score (nSPS) is 17.1. The Morgan fingerprint density at radius 1 is 1.23 bits per heavy atom. The SMILES string of the molecule is C[C@@H](Oc1cccc(N2CCCC2=O)c1)C(=O)Nc1sc2c(c1C#N)CCCCC2. The molecule has 1 aliphatic carbocycles. The zero-order valence-corrected chi connectivity index (χ0v) is 17.9. The van der Waals surface area contributed by atoms with Crippen LogP contribution in [0.1, 0.15) is 55.0 Å². The molecule has 0 bridgehead atoms. The third-order valence-corrected chi connectivity index (χ3v) is 6.86. The molecule has 0 unspecified atom stereocenters. The van der Waals surface area contributed by atoms with E-state index in [0.717, 1.165) is 43.4 Å². The third kappa shape index (κ3) is 4.19. The lowest BCUT2D eigenvalue weighted by molar-refractivity contribution is -0.122. The summed E-state index contributed by atoms with van der Waals surface area (Å²) >= 11 is 1.52. The Balaban J connectivity index is 1.45. The molecule has 2 aliphatic rings. The van der Waals surface area contributed by atoms with Gasteiger partial charge < -0.3 is 15.0 Å². The van der Waals surface area contributed by atoms with Crippen molar-refractivity contribution in [3.63, 3.8) is 0 Å². The first-order valence-corrected chi connectivity index (χ1v) is 11.3. The van der Waals surface area contributed by atoms with Crippen LogP contribution in [0.5, 0.6) is 5.75 Å². The fraction of sp³-hybridized carbons (Fsp3) is 0.435. The number of fused-ring (bicyclic) bond motifs is 1. The molecule has 1 fully saturated rings. The number of benzene rings is 1. The first-order valence-electron chi connectivity index (χ1n) is 10.5. The standard InChI is InChI=1S/C23H25N3O3S/c1-15(29-17-8-5-7-16(13-17)26-12-6-11-21(26)27)22(28)25-23-19(14-24)18-9-3-2-4-10-20(18)30-23/h5,7-8,13,15H,2-4,6,9-12H2,1H3,(H,25,28)/t15-/m1/s1. The summed E-state index contributed by atoms with van der Waals surface area (Å²) < 4.78 is 5.85. The van der Waals surface area contributed by atoms with E-state index >= 15 is 0 Å². The van der Waals surface area contributed by atoms with Crippen molar-refractivity contribution in [2.75, 3.05) is 16.8 Å². The topological polar surface area (TPSA) is 82.4 Å². The lowest BCUT2D eigenvalue weighted by Crippen LogP contribution is -2.30. The van der Waals surface area contributed by atoms with Crippen LogP contribution in [0.4, 0.5) is 10.7 Å². The van der Waals surface area contributed by atoms with E-state index in [0.29, 0.717) is 29.3 Å². The smallest absolute Gasteiger partial charge is 0.265 e. The van der Waals surface area contributed by atoms with E-state index in [2.05, 4.69) is 11.4 Å². The van der Waals surface area contributed by atoms with Crippen LogP contribution in [0.2, 0.25) is 0 Å². The number of ether oxygens (including phenoxy) is 1. The zero-order chi connectivity index (χ0) is 21.1. The first-order chi connectivity index (χ1) is 14.6. The molecule has 2 amide bonds. The summed E-state index contributed by atoms with van der Waals surface area (Å²) in [5.74, 6) is 0.363. The van der Waals surface area contributed by atoms with Gasteiger partial charge in [0.2, 0.25) is 5.91 Å². The van der Waals surface area contributed by atoms with Crippen LogP contribution in [-0.4, -0.2) is 24.5 Å². The van der Waals surface area contributed by atoms with E-state index in [1.807, 2.05) is 12.1 Å². The highest BCUT2D eigenvalue weighted by Gasteiger charge is 2.24. The molecule has 1 aromatic carbocycles. The molecule has 0 radical (unpaired) electrons. The minimum atomic E-state index is -0.733. The monoisotopic (exact) mass is 423 g/mol. The van der Waals surface area contributed by atoms with Crippen LogP contribution >= 0.6 is 11.3 Å². The minimum absolute atomic E-state index is 0.111. The van der Waals surface area contributed by atoms with Crippen LogP contribution in [0.25, 0.3) is 0 Å². The number of hydrogen-bond acceptors (Lipinski definition) is 5. The third-order valence-electron chi connectivity index (χ3n) is 5.65. The van der Waals surface area contributed by atoms with Gasteiger partial charge in [0.25, 0.3) is 5.91 Å². The largest absolute Gasteiger partial charge is 0.481 e. The van der Waals surface area contributed by atoms with Crippen molar-refractivity contribution in [2.24, 2.45) is 0 Å². The molecule has 4 rings (SSSR count). The number of hydrogen-bond donors (Lipinski definition) is 1. The average Bonchev–Trinajstić information content (AvgIpc) is 3.23. The summed E-state index contributed by atoms with van der Waals surface area (Å²) in [6.45, 7) is 2.39. The maximum absolute atomic E-state index is 12.8. The summed E-state index contributed by atoms with van der Waals surface area (Å²) in [6, 6.07) is 9.56. The molecule has 7 heteroatoms. The first kappa shape index (κ1) is 20.4. The molecule has 6 nitrogen and oxygen atoms in total. The van der Waals surface area contributed by atoms with Gasteiger partial charge in [-0.25, -0.2) is 0 Å². The highest BCUT2D eigenvalue weighted by Crippen LogP contribution is 2.37. The summed E-state index contributed by atoms with van der Waals surface area (Å²) in [5, 5.41) is 13.2. The summed E-state index contributed by atoms with van der Waals surface area (Å²) in [4.78, 5) is 27.7. The van der Waals surface area contributed by atoms with E-state index in [-0.39, 0.29) is 11.8 Å². The molecule has 1 aliphatic heterocycles. The van der Waals surface area contributed by atoms with Gasteiger partial charge in [-0.3, -0.25) is 9.59 Å². The maximum atomic E-state index is 12.8. The molecule has 1 N–H and O–H groups in total. The average molecular weight is 424 g/mol. The van der Waals surface area contributed by atoms with Gasteiger partial charge in [0, 0.05) is 29.6 Å². The van der Waals surface area contributed by atoms with E-state index in [1.165, 1.54) is 22.6 Å². The molecule has 0 saturated carbocycles. The molecule has 1 aromatic heterocycles. The second-order valence-electron chi connectivity index (χ2n) is 7.78. The number of amides is 2.